The number of phenolic OH excluding ortho intramolecular Hbond substituents is 1. The topological polar surface area (TPSA) is 82.5 Å². The molecule has 3 aliphatic heterocycles. The molecule has 8 rings (SSSR count). The molecule has 1 amide bonds. The molecule has 2 bridgehead atoms. The highest BCUT2D eigenvalue weighted by atomic mass is 16.5. The number of likely N-dealkylation sites (N-methyl/N-ethyl adjacent to an activating group) is 1. The fourth-order valence-corrected chi connectivity index (χ4v) is 9.50. The molecule has 2 N–H and O–H groups in total. The third kappa shape index (κ3) is 2.93. The highest BCUT2D eigenvalue weighted by molar-refractivity contribution is 5.89. The van der Waals surface area contributed by atoms with Gasteiger partial charge >= 0.3 is 0 Å². The SMILES string of the molecule is CN(C(=O)/C=C1\CC[C@]12CC[C@@]1(O)[C@H]3Cc4ccc(O)c5c4[C@@]1(CCN3CC1CC1)[C@H]2O5)C1CCOCC1. The van der Waals surface area contributed by atoms with Gasteiger partial charge in [-0.2, -0.15) is 0 Å². The van der Waals surface area contributed by atoms with Gasteiger partial charge in [0.2, 0.25) is 5.91 Å². The highest BCUT2D eigenvalue weighted by Gasteiger charge is 2.77. The van der Waals surface area contributed by atoms with Gasteiger partial charge in [-0.25, -0.2) is 0 Å². The second kappa shape index (κ2) is 7.98. The second-order valence-electron chi connectivity index (χ2n) is 13.4. The van der Waals surface area contributed by atoms with E-state index in [2.05, 4.69) is 11.0 Å². The molecule has 7 nitrogen and oxygen atoms in total. The zero-order chi connectivity index (χ0) is 25.9. The van der Waals surface area contributed by atoms with Gasteiger partial charge in [-0.3, -0.25) is 9.69 Å². The van der Waals surface area contributed by atoms with Crippen molar-refractivity contribution in [3.63, 3.8) is 0 Å². The minimum absolute atomic E-state index is 0.0733. The molecular weight excluding hydrogens is 480 g/mol. The molecular formula is C31H40N2O5. The first kappa shape index (κ1) is 23.8. The van der Waals surface area contributed by atoms with Gasteiger partial charge in [0.1, 0.15) is 6.10 Å². The van der Waals surface area contributed by atoms with Crippen molar-refractivity contribution in [2.75, 3.05) is 33.4 Å². The van der Waals surface area contributed by atoms with E-state index in [4.69, 9.17) is 9.47 Å². The van der Waals surface area contributed by atoms with Gasteiger partial charge in [0, 0.05) is 55.9 Å². The number of fused-ring (bicyclic) bond motifs is 1. The van der Waals surface area contributed by atoms with E-state index in [9.17, 15) is 15.0 Å². The third-order valence-corrected chi connectivity index (χ3v) is 11.8. The Balaban J connectivity index is 1.19. The molecule has 2 spiro atoms. The Labute approximate surface area is 224 Å². The van der Waals surface area contributed by atoms with Crippen molar-refractivity contribution >= 4 is 5.91 Å². The zero-order valence-corrected chi connectivity index (χ0v) is 22.5. The first-order valence-electron chi connectivity index (χ1n) is 14.9. The van der Waals surface area contributed by atoms with Crippen LogP contribution in [0.1, 0.15) is 68.9 Å². The normalized spacial score (nSPS) is 40.5. The van der Waals surface area contributed by atoms with Crippen LogP contribution in [0.2, 0.25) is 0 Å². The van der Waals surface area contributed by atoms with E-state index in [0.717, 1.165) is 69.5 Å². The molecule has 3 saturated carbocycles. The standard InChI is InChI=1S/C31H40N2O5/c1-32(22-7-14-37-15-8-22)25(35)17-21-6-9-29(21)10-11-31(36)24-16-20-4-5-23(34)27-26(20)30(31,28(29)38-27)12-13-33(24)18-19-2-3-19/h4-5,17,19,22,24,28,34,36H,2-3,6-16,18H2,1H3/b21-17+/t24-,28+,29+,30+,31-/m1/s1. The summed E-state index contributed by atoms with van der Waals surface area (Å²) in [6, 6.07) is 4.15. The molecule has 0 radical (unpaired) electrons. The van der Waals surface area contributed by atoms with Crippen LogP contribution in [-0.4, -0.2) is 83.1 Å². The van der Waals surface area contributed by atoms with Crippen molar-refractivity contribution in [3.8, 4) is 11.5 Å². The molecule has 5 fully saturated rings. The molecule has 1 aromatic rings. The summed E-state index contributed by atoms with van der Waals surface area (Å²) in [7, 11) is 1.92. The van der Waals surface area contributed by atoms with Gasteiger partial charge < -0.3 is 24.6 Å². The van der Waals surface area contributed by atoms with Crippen LogP contribution in [0.15, 0.2) is 23.8 Å². The number of piperidine rings is 1. The number of amides is 1. The van der Waals surface area contributed by atoms with Crippen LogP contribution >= 0.6 is 0 Å². The molecule has 0 aromatic heterocycles. The maximum Gasteiger partial charge on any atom is 0.246 e. The number of benzene rings is 1. The van der Waals surface area contributed by atoms with Crippen LogP contribution < -0.4 is 4.74 Å². The summed E-state index contributed by atoms with van der Waals surface area (Å²) in [5.41, 5.74) is 1.80. The van der Waals surface area contributed by atoms with Crippen LogP contribution in [0.3, 0.4) is 0 Å². The first-order chi connectivity index (χ1) is 18.4. The Hall–Kier alpha value is -2.09. The number of carbonyl (C=O) groups is 1. The zero-order valence-electron chi connectivity index (χ0n) is 22.5. The van der Waals surface area contributed by atoms with Gasteiger partial charge in [0.25, 0.3) is 0 Å². The van der Waals surface area contributed by atoms with Crippen molar-refractivity contribution in [2.24, 2.45) is 11.3 Å². The van der Waals surface area contributed by atoms with Crippen molar-refractivity contribution in [2.45, 2.75) is 93.4 Å². The number of hydrogen-bond acceptors (Lipinski definition) is 6. The number of ether oxygens (including phenoxy) is 2. The quantitative estimate of drug-likeness (QED) is 0.593. The largest absolute Gasteiger partial charge is 0.504 e. The fourth-order valence-electron chi connectivity index (χ4n) is 9.50. The molecule has 5 atom stereocenters. The molecule has 2 saturated heterocycles. The molecule has 0 unspecified atom stereocenters. The lowest BCUT2D eigenvalue weighted by Gasteiger charge is -2.68. The van der Waals surface area contributed by atoms with Crippen LogP contribution in [0.5, 0.6) is 11.5 Å². The summed E-state index contributed by atoms with van der Waals surface area (Å²) in [6.07, 6.45) is 11.1. The Kier molecular flexibility index (Phi) is 4.99. The van der Waals surface area contributed by atoms with E-state index in [0.29, 0.717) is 25.4 Å². The molecule has 1 aromatic carbocycles. The molecule has 204 valence electrons. The van der Waals surface area contributed by atoms with Crippen molar-refractivity contribution in [1.29, 1.82) is 0 Å². The van der Waals surface area contributed by atoms with Crippen molar-refractivity contribution in [3.05, 3.63) is 34.9 Å². The van der Waals surface area contributed by atoms with Gasteiger partial charge in [0.15, 0.2) is 11.5 Å². The lowest BCUT2D eigenvalue weighted by molar-refractivity contribution is -0.218. The number of carbonyl (C=O) groups excluding carboxylic acids is 1. The average molecular weight is 521 g/mol. The number of likely N-dealkylation sites (tertiary alicyclic amines) is 1. The van der Waals surface area contributed by atoms with Gasteiger partial charge in [-0.15, -0.1) is 0 Å². The summed E-state index contributed by atoms with van der Waals surface area (Å²) in [4.78, 5) is 17.9. The summed E-state index contributed by atoms with van der Waals surface area (Å²) in [6.45, 7) is 3.46. The smallest absolute Gasteiger partial charge is 0.246 e. The summed E-state index contributed by atoms with van der Waals surface area (Å²) in [5, 5.41) is 23.7. The number of aromatic hydroxyl groups is 1. The predicted octanol–water partition coefficient (Wildman–Crippen LogP) is 3.30. The predicted molar refractivity (Wildman–Crippen MR) is 141 cm³/mol. The minimum atomic E-state index is -0.883. The maximum absolute atomic E-state index is 13.5. The summed E-state index contributed by atoms with van der Waals surface area (Å²) >= 11 is 0. The molecule has 38 heavy (non-hydrogen) atoms. The van der Waals surface area contributed by atoms with Gasteiger partial charge in [0.05, 0.1) is 11.0 Å². The average Bonchev–Trinajstić information content (AvgIpc) is 3.66. The molecule has 7 heteroatoms. The van der Waals surface area contributed by atoms with E-state index >= 15 is 0 Å². The van der Waals surface area contributed by atoms with E-state index < -0.39 is 11.0 Å². The number of hydrogen-bond donors (Lipinski definition) is 2. The number of nitrogens with zero attached hydrogens (tertiary/aromatic N) is 2. The minimum Gasteiger partial charge on any atom is -0.504 e. The monoisotopic (exact) mass is 520 g/mol. The van der Waals surface area contributed by atoms with Crippen LogP contribution in [-0.2, 0) is 21.4 Å². The fraction of sp³-hybridized carbons (Fsp3) is 0.710. The number of rotatable bonds is 4. The van der Waals surface area contributed by atoms with E-state index in [1.807, 2.05) is 18.0 Å². The Bertz CT molecular complexity index is 1220. The maximum atomic E-state index is 13.5. The summed E-state index contributed by atoms with van der Waals surface area (Å²) in [5.74, 6) is 1.63. The lowest BCUT2D eigenvalue weighted by Crippen LogP contribution is -2.78. The van der Waals surface area contributed by atoms with Crippen LogP contribution in [0.25, 0.3) is 0 Å². The molecule has 4 aliphatic carbocycles. The highest BCUT2D eigenvalue weighted by Crippen LogP contribution is 2.72. The van der Waals surface area contributed by atoms with E-state index in [1.54, 1.807) is 6.07 Å². The first-order valence-corrected chi connectivity index (χ1v) is 14.9. The van der Waals surface area contributed by atoms with E-state index in [1.165, 1.54) is 24.0 Å². The van der Waals surface area contributed by atoms with E-state index in [-0.39, 0.29) is 35.3 Å². The third-order valence-electron chi connectivity index (χ3n) is 11.8. The summed E-state index contributed by atoms with van der Waals surface area (Å²) < 4.78 is 12.3. The number of phenols is 1. The Morgan fingerprint density at radius 3 is 2.71 bits per heavy atom. The molecule has 3 heterocycles. The Morgan fingerprint density at radius 1 is 1.16 bits per heavy atom. The molecule has 7 aliphatic rings. The van der Waals surface area contributed by atoms with Gasteiger partial charge in [-0.1, -0.05) is 11.6 Å². The van der Waals surface area contributed by atoms with Crippen LogP contribution in [0.4, 0.5) is 0 Å². The number of aliphatic hydroxyl groups is 1. The van der Waals surface area contributed by atoms with Crippen molar-refractivity contribution < 1.29 is 24.5 Å². The van der Waals surface area contributed by atoms with Gasteiger partial charge in [-0.05, 0) is 88.3 Å². The second-order valence-corrected chi connectivity index (χ2v) is 13.4. The van der Waals surface area contributed by atoms with Crippen LogP contribution in [0, 0.1) is 11.3 Å². The van der Waals surface area contributed by atoms with Crippen molar-refractivity contribution in [1.82, 2.24) is 9.80 Å². The lowest BCUT2D eigenvalue weighted by atomic mass is 9.40. The Morgan fingerprint density at radius 2 is 1.97 bits per heavy atom.